The summed E-state index contributed by atoms with van der Waals surface area (Å²) in [6.45, 7) is 0.957. The fourth-order valence-electron chi connectivity index (χ4n) is 1.54. The van der Waals surface area contributed by atoms with Gasteiger partial charge < -0.3 is 15.3 Å². The number of pyridine rings is 1. The van der Waals surface area contributed by atoms with Gasteiger partial charge in [0.05, 0.1) is 5.09 Å². The Kier molecular flexibility index (Phi) is 6.38. The zero-order valence-electron chi connectivity index (χ0n) is 10.2. The van der Waals surface area contributed by atoms with Crippen molar-refractivity contribution in [2.45, 2.75) is 6.54 Å². The van der Waals surface area contributed by atoms with Crippen molar-refractivity contribution in [2.24, 2.45) is 0 Å². The molecule has 1 aromatic heterocycles. The zero-order chi connectivity index (χ0) is 14.1. The third-order valence-electron chi connectivity index (χ3n) is 2.36. The first-order valence-electron chi connectivity index (χ1n) is 5.60. The Morgan fingerprint density at radius 2 is 1.47 bits per heavy atom. The summed E-state index contributed by atoms with van der Waals surface area (Å²) in [6.07, 6.45) is 4.19. The van der Waals surface area contributed by atoms with E-state index in [1.807, 2.05) is 6.07 Å². The van der Waals surface area contributed by atoms with E-state index in [4.69, 9.17) is 15.3 Å². The number of aromatic nitrogens is 1. The van der Waals surface area contributed by atoms with E-state index >= 15 is 0 Å². The van der Waals surface area contributed by atoms with Gasteiger partial charge in [0.1, 0.15) is 0 Å². The predicted octanol–water partition coefficient (Wildman–Crippen LogP) is 2.33. The molecule has 0 saturated heterocycles. The predicted molar refractivity (Wildman–Crippen MR) is 76.3 cm³/mol. The van der Waals surface area contributed by atoms with Gasteiger partial charge in [0.15, 0.2) is 18.9 Å². The summed E-state index contributed by atoms with van der Waals surface area (Å²) in [5.41, 5.74) is 2.52. The molecule has 0 aliphatic carbocycles. The van der Waals surface area contributed by atoms with Crippen molar-refractivity contribution in [3.05, 3.63) is 70.2 Å². The molecule has 5 nitrogen and oxygen atoms in total. The van der Waals surface area contributed by atoms with Crippen LogP contribution in [-0.2, 0) is 6.54 Å². The van der Waals surface area contributed by atoms with Crippen LogP contribution < -0.4 is 4.57 Å². The Morgan fingerprint density at radius 1 is 1.00 bits per heavy atom. The molecule has 2 rings (SSSR count). The number of aryl methyl sites for hydroxylation is 1. The molecule has 100 valence electrons. The number of rotatable bonds is 3. The highest BCUT2D eigenvalue weighted by atomic mass is 32.1. The maximum atomic E-state index is 8.25. The van der Waals surface area contributed by atoms with Crippen LogP contribution in [0, 0.1) is 15.3 Å². The van der Waals surface area contributed by atoms with Gasteiger partial charge in [0, 0.05) is 17.9 Å². The van der Waals surface area contributed by atoms with E-state index in [0.717, 1.165) is 12.3 Å². The third kappa shape index (κ3) is 5.87. The number of thiol groups is 1. The van der Waals surface area contributed by atoms with Crippen LogP contribution in [0.15, 0.2) is 54.9 Å². The maximum absolute atomic E-state index is 8.25. The largest absolute Gasteiger partial charge is 0.356 e. The molecule has 0 unspecified atom stereocenters. The summed E-state index contributed by atoms with van der Waals surface area (Å²) in [6, 6.07) is 14.7. The second-order valence-corrected chi connectivity index (χ2v) is 4.09. The number of benzene rings is 1. The number of hydrogen-bond acceptors (Lipinski definition) is 4. The van der Waals surface area contributed by atoms with Crippen molar-refractivity contribution >= 4 is 12.6 Å². The molecule has 0 atom stereocenters. The fourth-order valence-corrected chi connectivity index (χ4v) is 1.78. The Bertz CT molecular complexity index is 499. The summed E-state index contributed by atoms with van der Waals surface area (Å²) in [7, 11) is 0. The highest BCUT2D eigenvalue weighted by Crippen LogP contribution is 2.16. The van der Waals surface area contributed by atoms with Crippen LogP contribution in [-0.4, -0.2) is 10.8 Å². The van der Waals surface area contributed by atoms with Gasteiger partial charge in [-0.05, 0) is 11.1 Å². The topological polar surface area (TPSA) is 70.1 Å². The van der Waals surface area contributed by atoms with Crippen molar-refractivity contribution in [2.75, 3.05) is 5.75 Å². The molecule has 0 aliphatic rings. The molecule has 0 saturated carbocycles. The van der Waals surface area contributed by atoms with Crippen LogP contribution in [0.5, 0.6) is 0 Å². The smallest absolute Gasteiger partial charge is 0.169 e. The van der Waals surface area contributed by atoms with Crippen molar-refractivity contribution in [1.29, 1.82) is 0 Å². The second kappa shape index (κ2) is 8.10. The van der Waals surface area contributed by atoms with Gasteiger partial charge in [-0.2, -0.15) is 12.6 Å². The summed E-state index contributed by atoms with van der Waals surface area (Å²) >= 11 is 4.21. The molecule has 0 bridgehead atoms. The van der Waals surface area contributed by atoms with E-state index in [1.165, 1.54) is 11.1 Å². The summed E-state index contributed by atoms with van der Waals surface area (Å²) in [4.78, 5) is 8.25. The van der Waals surface area contributed by atoms with Crippen molar-refractivity contribution < 1.29 is 9.65 Å². The van der Waals surface area contributed by atoms with E-state index in [-0.39, 0.29) is 0 Å². The lowest BCUT2D eigenvalue weighted by Crippen LogP contribution is -2.33. The summed E-state index contributed by atoms with van der Waals surface area (Å²) < 4.78 is 2.14. The Balaban J connectivity index is 0.000000399. The van der Waals surface area contributed by atoms with Crippen LogP contribution in [0.4, 0.5) is 0 Å². The molecule has 0 fully saturated rings. The fraction of sp³-hybridized carbons (Fsp3) is 0.154. The third-order valence-corrected chi connectivity index (χ3v) is 2.56. The summed E-state index contributed by atoms with van der Waals surface area (Å²) in [5.74, 6) is 0.870. The highest BCUT2D eigenvalue weighted by Gasteiger charge is 2.00. The van der Waals surface area contributed by atoms with Gasteiger partial charge in [-0.1, -0.05) is 30.3 Å². The lowest BCUT2D eigenvalue weighted by atomic mass is 10.1. The molecule has 1 aromatic carbocycles. The van der Waals surface area contributed by atoms with Crippen LogP contribution in [0.25, 0.3) is 11.1 Å². The first-order chi connectivity index (χ1) is 9.13. The highest BCUT2D eigenvalue weighted by molar-refractivity contribution is 7.80. The molecule has 2 aromatic rings. The SMILES string of the molecule is O=[N+]([O-])[O-].SCC[n+]1ccc(-c2ccccc2)cc1. The van der Waals surface area contributed by atoms with E-state index in [9.17, 15) is 0 Å². The molecule has 0 aliphatic heterocycles. The average Bonchev–Trinajstić information content (AvgIpc) is 2.40. The number of hydrogen-bond donors (Lipinski definition) is 1. The van der Waals surface area contributed by atoms with E-state index in [1.54, 1.807) is 0 Å². The van der Waals surface area contributed by atoms with E-state index in [0.29, 0.717) is 0 Å². The molecule has 0 amide bonds. The van der Waals surface area contributed by atoms with E-state index < -0.39 is 5.09 Å². The quantitative estimate of drug-likeness (QED) is 0.405. The Morgan fingerprint density at radius 3 is 1.95 bits per heavy atom. The van der Waals surface area contributed by atoms with Gasteiger partial charge in [0.2, 0.25) is 0 Å². The van der Waals surface area contributed by atoms with Gasteiger partial charge in [-0.15, -0.1) is 0 Å². The normalized spacial score (nSPS) is 9.32. The number of nitrogens with zero attached hydrogens (tertiary/aromatic N) is 2. The van der Waals surface area contributed by atoms with Crippen molar-refractivity contribution in [3.8, 4) is 11.1 Å². The van der Waals surface area contributed by atoms with Crippen LogP contribution in [0.1, 0.15) is 0 Å². The van der Waals surface area contributed by atoms with Crippen molar-refractivity contribution in [1.82, 2.24) is 0 Å². The minimum atomic E-state index is -1.75. The van der Waals surface area contributed by atoms with Crippen LogP contribution in [0.2, 0.25) is 0 Å². The van der Waals surface area contributed by atoms with Crippen molar-refractivity contribution in [3.63, 3.8) is 0 Å². The molecular formula is C13H14N2O3S. The maximum Gasteiger partial charge on any atom is 0.169 e. The lowest BCUT2D eigenvalue weighted by molar-refractivity contribution is -0.692. The lowest BCUT2D eigenvalue weighted by Gasteiger charge is -1.99. The zero-order valence-corrected chi connectivity index (χ0v) is 11.1. The van der Waals surface area contributed by atoms with Gasteiger partial charge in [-0.3, -0.25) is 0 Å². The Hall–Kier alpha value is -2.08. The molecule has 0 spiro atoms. The second-order valence-electron chi connectivity index (χ2n) is 3.64. The monoisotopic (exact) mass is 278 g/mol. The van der Waals surface area contributed by atoms with Crippen LogP contribution >= 0.6 is 12.6 Å². The first-order valence-corrected chi connectivity index (χ1v) is 6.23. The minimum absolute atomic E-state index is 0.870. The molecule has 0 N–H and O–H groups in total. The molecular weight excluding hydrogens is 264 g/mol. The molecule has 0 radical (unpaired) electrons. The Labute approximate surface area is 116 Å². The van der Waals surface area contributed by atoms with Gasteiger partial charge in [0.25, 0.3) is 0 Å². The minimum Gasteiger partial charge on any atom is -0.356 e. The first kappa shape index (κ1) is 15.0. The molecule has 1 heterocycles. The molecule has 19 heavy (non-hydrogen) atoms. The summed E-state index contributed by atoms with van der Waals surface area (Å²) in [5, 5.41) is 14.8. The standard InChI is InChI=1S/C13H13NS.NO3/c15-11-10-14-8-6-13(7-9-14)12-4-2-1-3-5-12;2-1(3)4/h1-9H,10-11H2;/q;-1/p+1. The van der Waals surface area contributed by atoms with Crippen LogP contribution in [0.3, 0.4) is 0 Å². The van der Waals surface area contributed by atoms with Gasteiger partial charge in [-0.25, -0.2) is 4.57 Å². The van der Waals surface area contributed by atoms with Gasteiger partial charge >= 0.3 is 0 Å². The van der Waals surface area contributed by atoms with E-state index in [2.05, 4.69) is 66.0 Å². The molecule has 6 heteroatoms. The average molecular weight is 278 g/mol.